The quantitative estimate of drug-likeness (QED) is 0.338. The van der Waals surface area contributed by atoms with Gasteiger partial charge in [0.15, 0.2) is 5.84 Å². The van der Waals surface area contributed by atoms with E-state index in [9.17, 15) is 4.79 Å². The van der Waals surface area contributed by atoms with Gasteiger partial charge in [-0.15, -0.1) is 0 Å². The summed E-state index contributed by atoms with van der Waals surface area (Å²) in [7, 11) is 0. The maximum atomic E-state index is 12.7. The van der Waals surface area contributed by atoms with Crippen LogP contribution in [-0.4, -0.2) is 34.9 Å². The average Bonchev–Trinajstić information content (AvgIpc) is 3.07. The molecule has 0 aliphatic heterocycles. The smallest absolute Gasteiger partial charge is 0.236 e. The van der Waals surface area contributed by atoms with Crippen molar-refractivity contribution in [2.75, 3.05) is 13.1 Å². The monoisotopic (exact) mass is 253 g/mol. The molecular formula is C13H23N3O2. The van der Waals surface area contributed by atoms with Gasteiger partial charge in [0.25, 0.3) is 0 Å². The number of nitrogens with zero attached hydrogens (tertiary/aromatic N) is 2. The Balaban J connectivity index is 2.16. The number of amidine groups is 1. The number of rotatable bonds is 5. The first-order valence-corrected chi connectivity index (χ1v) is 6.91. The van der Waals surface area contributed by atoms with E-state index in [-0.39, 0.29) is 11.7 Å². The van der Waals surface area contributed by atoms with Crippen LogP contribution >= 0.6 is 0 Å². The molecular weight excluding hydrogens is 230 g/mol. The zero-order valence-electron chi connectivity index (χ0n) is 11.1. The molecule has 5 nitrogen and oxygen atoms in total. The van der Waals surface area contributed by atoms with Crippen molar-refractivity contribution in [3.8, 4) is 0 Å². The van der Waals surface area contributed by atoms with Crippen molar-refractivity contribution in [3.63, 3.8) is 0 Å². The number of hydrogen-bond donors (Lipinski definition) is 2. The Morgan fingerprint density at radius 3 is 2.50 bits per heavy atom. The fraction of sp³-hybridized carbons (Fsp3) is 0.846. The lowest BCUT2D eigenvalue weighted by Crippen LogP contribution is -2.50. The topological polar surface area (TPSA) is 78.9 Å². The molecule has 0 heterocycles. The number of amides is 1. The molecule has 2 saturated carbocycles. The van der Waals surface area contributed by atoms with Crippen LogP contribution in [0.25, 0.3) is 0 Å². The van der Waals surface area contributed by atoms with Gasteiger partial charge in [-0.1, -0.05) is 18.0 Å². The highest BCUT2D eigenvalue weighted by Gasteiger charge is 2.47. The van der Waals surface area contributed by atoms with Crippen molar-refractivity contribution in [1.82, 2.24) is 4.90 Å². The van der Waals surface area contributed by atoms with E-state index in [4.69, 9.17) is 10.9 Å². The van der Waals surface area contributed by atoms with E-state index in [1.165, 1.54) is 12.8 Å². The molecule has 2 fully saturated rings. The van der Waals surface area contributed by atoms with E-state index in [0.717, 1.165) is 19.4 Å². The molecule has 0 bridgehead atoms. The molecule has 0 aromatic rings. The molecule has 2 rings (SSSR count). The first-order valence-electron chi connectivity index (χ1n) is 6.91. The lowest BCUT2D eigenvalue weighted by molar-refractivity contribution is -0.138. The molecule has 1 amide bonds. The molecule has 5 heteroatoms. The second kappa shape index (κ2) is 5.16. The summed E-state index contributed by atoms with van der Waals surface area (Å²) < 4.78 is 0. The van der Waals surface area contributed by atoms with Crippen LogP contribution in [0, 0.1) is 11.3 Å². The largest absolute Gasteiger partial charge is 0.409 e. The highest BCUT2D eigenvalue weighted by molar-refractivity contribution is 6.07. The van der Waals surface area contributed by atoms with Gasteiger partial charge in [0.2, 0.25) is 5.91 Å². The standard InChI is InChI=1S/C13H23N3O2/c1-2-16(9-10-5-6-10)12(17)13(11(14)15-18)7-3-4-8-13/h10,18H,2-9H2,1H3,(H2,14,15). The van der Waals surface area contributed by atoms with Crippen LogP contribution in [0.5, 0.6) is 0 Å². The Bertz CT molecular complexity index is 344. The lowest BCUT2D eigenvalue weighted by atomic mass is 9.83. The average molecular weight is 253 g/mol. The molecule has 2 aliphatic rings. The van der Waals surface area contributed by atoms with E-state index >= 15 is 0 Å². The fourth-order valence-electron chi connectivity index (χ4n) is 2.92. The van der Waals surface area contributed by atoms with E-state index in [2.05, 4.69) is 5.16 Å². The summed E-state index contributed by atoms with van der Waals surface area (Å²) in [6.45, 7) is 3.53. The van der Waals surface area contributed by atoms with Gasteiger partial charge in [0, 0.05) is 13.1 Å². The second-order valence-corrected chi connectivity index (χ2v) is 5.56. The van der Waals surface area contributed by atoms with Gasteiger partial charge in [-0.05, 0) is 38.5 Å². The fourth-order valence-corrected chi connectivity index (χ4v) is 2.92. The molecule has 0 radical (unpaired) electrons. The van der Waals surface area contributed by atoms with Crippen molar-refractivity contribution < 1.29 is 10.0 Å². The molecule has 0 unspecified atom stereocenters. The Hall–Kier alpha value is -1.26. The van der Waals surface area contributed by atoms with Crippen LogP contribution in [0.15, 0.2) is 5.16 Å². The third-order valence-electron chi connectivity index (χ3n) is 4.31. The molecule has 0 spiro atoms. The van der Waals surface area contributed by atoms with Crippen molar-refractivity contribution in [1.29, 1.82) is 0 Å². The van der Waals surface area contributed by atoms with Gasteiger partial charge in [-0.25, -0.2) is 0 Å². The third kappa shape index (κ3) is 2.31. The summed E-state index contributed by atoms with van der Waals surface area (Å²) in [4.78, 5) is 14.6. The Labute approximate surface area is 108 Å². The summed E-state index contributed by atoms with van der Waals surface area (Å²) in [6.07, 6.45) is 5.82. The minimum atomic E-state index is -0.736. The zero-order chi connectivity index (χ0) is 13.2. The minimum Gasteiger partial charge on any atom is -0.409 e. The van der Waals surface area contributed by atoms with Crippen molar-refractivity contribution >= 4 is 11.7 Å². The lowest BCUT2D eigenvalue weighted by Gasteiger charge is -2.33. The van der Waals surface area contributed by atoms with E-state index < -0.39 is 5.41 Å². The van der Waals surface area contributed by atoms with Gasteiger partial charge in [0.05, 0.1) is 0 Å². The van der Waals surface area contributed by atoms with Crippen LogP contribution in [0.1, 0.15) is 45.4 Å². The van der Waals surface area contributed by atoms with Crippen LogP contribution in [-0.2, 0) is 4.79 Å². The normalized spacial score (nSPS) is 23.1. The van der Waals surface area contributed by atoms with Crippen molar-refractivity contribution in [2.45, 2.75) is 45.4 Å². The van der Waals surface area contributed by atoms with Crippen molar-refractivity contribution in [2.24, 2.45) is 22.2 Å². The van der Waals surface area contributed by atoms with Crippen LogP contribution in [0.4, 0.5) is 0 Å². The van der Waals surface area contributed by atoms with Gasteiger partial charge in [-0.3, -0.25) is 4.79 Å². The highest BCUT2D eigenvalue weighted by atomic mass is 16.4. The summed E-state index contributed by atoms with van der Waals surface area (Å²) >= 11 is 0. The molecule has 2 aliphatic carbocycles. The summed E-state index contributed by atoms with van der Waals surface area (Å²) in [6, 6.07) is 0. The van der Waals surface area contributed by atoms with Crippen LogP contribution in [0.2, 0.25) is 0 Å². The van der Waals surface area contributed by atoms with E-state index in [1.807, 2.05) is 11.8 Å². The molecule has 0 atom stereocenters. The summed E-state index contributed by atoms with van der Waals surface area (Å²) in [5.41, 5.74) is 5.07. The third-order valence-corrected chi connectivity index (χ3v) is 4.31. The molecule has 0 saturated heterocycles. The molecule has 0 aromatic carbocycles. The second-order valence-electron chi connectivity index (χ2n) is 5.56. The number of hydrogen-bond acceptors (Lipinski definition) is 3. The summed E-state index contributed by atoms with van der Waals surface area (Å²) in [5, 5.41) is 12.1. The maximum Gasteiger partial charge on any atom is 0.236 e. The van der Waals surface area contributed by atoms with Crippen LogP contribution in [0.3, 0.4) is 0 Å². The van der Waals surface area contributed by atoms with E-state index in [0.29, 0.717) is 25.3 Å². The Morgan fingerprint density at radius 1 is 1.44 bits per heavy atom. The SMILES string of the molecule is CCN(CC1CC1)C(=O)C1(C(N)=NO)CCCC1. The highest BCUT2D eigenvalue weighted by Crippen LogP contribution is 2.41. The molecule has 0 aromatic heterocycles. The minimum absolute atomic E-state index is 0.0599. The van der Waals surface area contributed by atoms with Gasteiger partial charge >= 0.3 is 0 Å². The number of carbonyl (C=O) groups excluding carboxylic acids is 1. The molecule has 3 N–H and O–H groups in total. The Kier molecular flexibility index (Phi) is 3.78. The predicted molar refractivity (Wildman–Crippen MR) is 69.3 cm³/mol. The number of nitrogens with two attached hydrogens (primary N) is 1. The first kappa shape index (κ1) is 13.2. The number of carbonyl (C=O) groups is 1. The van der Waals surface area contributed by atoms with Gasteiger partial charge in [0.1, 0.15) is 5.41 Å². The number of oxime groups is 1. The maximum absolute atomic E-state index is 12.7. The van der Waals surface area contributed by atoms with E-state index in [1.54, 1.807) is 0 Å². The van der Waals surface area contributed by atoms with Crippen LogP contribution < -0.4 is 5.73 Å². The summed E-state index contributed by atoms with van der Waals surface area (Å²) in [5.74, 6) is 0.823. The van der Waals surface area contributed by atoms with Gasteiger partial charge in [-0.2, -0.15) is 0 Å². The first-order chi connectivity index (χ1) is 8.64. The van der Waals surface area contributed by atoms with Gasteiger partial charge < -0.3 is 15.8 Å². The molecule has 102 valence electrons. The zero-order valence-corrected chi connectivity index (χ0v) is 11.1. The molecule has 18 heavy (non-hydrogen) atoms. The Morgan fingerprint density at radius 2 is 2.06 bits per heavy atom. The predicted octanol–water partition coefficient (Wildman–Crippen LogP) is 1.55. The van der Waals surface area contributed by atoms with Crippen molar-refractivity contribution in [3.05, 3.63) is 0 Å².